The number of nitrogens with one attached hydrogen (secondary N) is 1. The van der Waals surface area contributed by atoms with Crippen LogP contribution in [0.4, 0.5) is 5.69 Å². The zero-order chi connectivity index (χ0) is 14.5. The van der Waals surface area contributed by atoms with E-state index in [9.17, 15) is 5.11 Å². The molecule has 0 fully saturated rings. The Morgan fingerprint density at radius 1 is 1.47 bits per heavy atom. The first-order valence-corrected chi connectivity index (χ1v) is 6.45. The van der Waals surface area contributed by atoms with Crippen molar-refractivity contribution in [2.24, 2.45) is 0 Å². The van der Waals surface area contributed by atoms with Crippen molar-refractivity contribution >= 4 is 17.3 Å². The highest BCUT2D eigenvalue weighted by Crippen LogP contribution is 2.20. The average molecular weight is 283 g/mol. The lowest BCUT2D eigenvalue weighted by molar-refractivity contribution is -0.0449. The SMILES string of the molecule is CC(C)(C)OCC(O)CNc1cc(Cl)ccc1C#N. The van der Waals surface area contributed by atoms with Crippen molar-refractivity contribution in [2.75, 3.05) is 18.5 Å². The van der Waals surface area contributed by atoms with Gasteiger partial charge in [-0.1, -0.05) is 11.6 Å². The molecule has 0 heterocycles. The highest BCUT2D eigenvalue weighted by Gasteiger charge is 2.14. The van der Waals surface area contributed by atoms with Gasteiger partial charge in [0.2, 0.25) is 0 Å². The fourth-order valence-corrected chi connectivity index (χ4v) is 1.57. The molecule has 4 nitrogen and oxygen atoms in total. The maximum absolute atomic E-state index is 9.80. The summed E-state index contributed by atoms with van der Waals surface area (Å²) in [7, 11) is 0. The van der Waals surface area contributed by atoms with Crippen LogP contribution in [0.25, 0.3) is 0 Å². The Morgan fingerprint density at radius 3 is 2.74 bits per heavy atom. The smallest absolute Gasteiger partial charge is 0.101 e. The minimum atomic E-state index is -0.648. The Balaban J connectivity index is 2.53. The lowest BCUT2D eigenvalue weighted by Crippen LogP contribution is -2.30. The molecule has 0 aliphatic rings. The van der Waals surface area contributed by atoms with Crippen LogP contribution < -0.4 is 5.32 Å². The van der Waals surface area contributed by atoms with Gasteiger partial charge in [-0.25, -0.2) is 0 Å². The zero-order valence-corrected chi connectivity index (χ0v) is 12.2. The van der Waals surface area contributed by atoms with Crippen molar-refractivity contribution < 1.29 is 9.84 Å². The first kappa shape index (κ1) is 15.8. The lowest BCUT2D eigenvalue weighted by Gasteiger charge is -2.22. The molecule has 104 valence electrons. The normalized spacial score (nSPS) is 12.8. The molecule has 19 heavy (non-hydrogen) atoms. The Hall–Kier alpha value is -1.28. The summed E-state index contributed by atoms with van der Waals surface area (Å²) < 4.78 is 5.48. The molecule has 1 aromatic rings. The maximum atomic E-state index is 9.80. The van der Waals surface area contributed by atoms with Gasteiger partial charge in [0.1, 0.15) is 6.07 Å². The second-order valence-electron chi connectivity index (χ2n) is 5.26. The summed E-state index contributed by atoms with van der Waals surface area (Å²) in [5.74, 6) is 0. The van der Waals surface area contributed by atoms with E-state index in [1.54, 1.807) is 18.2 Å². The van der Waals surface area contributed by atoms with E-state index in [1.807, 2.05) is 20.8 Å². The van der Waals surface area contributed by atoms with Crippen molar-refractivity contribution in [3.63, 3.8) is 0 Å². The fourth-order valence-electron chi connectivity index (χ4n) is 1.39. The second-order valence-corrected chi connectivity index (χ2v) is 5.70. The van der Waals surface area contributed by atoms with Crippen LogP contribution in [0.5, 0.6) is 0 Å². The van der Waals surface area contributed by atoms with Crippen LogP contribution >= 0.6 is 11.6 Å². The van der Waals surface area contributed by atoms with E-state index in [1.165, 1.54) is 0 Å². The van der Waals surface area contributed by atoms with Gasteiger partial charge in [0, 0.05) is 11.6 Å². The van der Waals surface area contributed by atoms with Gasteiger partial charge >= 0.3 is 0 Å². The van der Waals surface area contributed by atoms with Gasteiger partial charge in [-0.3, -0.25) is 0 Å². The summed E-state index contributed by atoms with van der Waals surface area (Å²) in [5, 5.41) is 22.3. The average Bonchev–Trinajstić information content (AvgIpc) is 2.33. The molecule has 0 saturated carbocycles. The van der Waals surface area contributed by atoms with Gasteiger partial charge in [-0.05, 0) is 39.0 Å². The molecule has 1 rings (SSSR count). The molecule has 0 aliphatic carbocycles. The van der Waals surface area contributed by atoms with E-state index in [0.29, 0.717) is 22.8 Å². The number of hydrogen-bond donors (Lipinski definition) is 2. The van der Waals surface area contributed by atoms with E-state index >= 15 is 0 Å². The standard InChI is InChI=1S/C14H19ClN2O2/c1-14(2,3)19-9-12(18)8-17-13-6-11(15)5-4-10(13)7-16/h4-6,12,17-18H,8-9H2,1-3H3. The highest BCUT2D eigenvalue weighted by molar-refractivity contribution is 6.30. The molecule has 0 saturated heterocycles. The van der Waals surface area contributed by atoms with Crippen molar-refractivity contribution in [1.29, 1.82) is 5.26 Å². The van der Waals surface area contributed by atoms with Gasteiger partial charge < -0.3 is 15.2 Å². The first-order chi connectivity index (χ1) is 8.81. The molecule has 0 radical (unpaired) electrons. The van der Waals surface area contributed by atoms with Crippen molar-refractivity contribution in [2.45, 2.75) is 32.5 Å². The largest absolute Gasteiger partial charge is 0.389 e. The van der Waals surface area contributed by atoms with Gasteiger partial charge in [0.05, 0.1) is 29.6 Å². The molecule has 2 N–H and O–H groups in total. The third kappa shape index (κ3) is 5.93. The number of rotatable bonds is 5. The number of nitrogens with zero attached hydrogens (tertiary/aromatic N) is 1. The van der Waals surface area contributed by atoms with Gasteiger partial charge in [0.25, 0.3) is 0 Å². The maximum Gasteiger partial charge on any atom is 0.101 e. The van der Waals surface area contributed by atoms with Gasteiger partial charge in [0.15, 0.2) is 0 Å². The summed E-state index contributed by atoms with van der Waals surface area (Å²) in [5.41, 5.74) is 0.827. The molecule has 0 aromatic heterocycles. The molecule has 0 amide bonds. The van der Waals surface area contributed by atoms with Crippen LogP contribution in [0.2, 0.25) is 5.02 Å². The molecule has 1 unspecified atom stereocenters. The number of nitriles is 1. The third-order valence-corrected chi connectivity index (χ3v) is 2.57. The summed E-state index contributed by atoms with van der Waals surface area (Å²) in [6, 6.07) is 7.03. The Kier molecular flexibility index (Phi) is 5.61. The van der Waals surface area contributed by atoms with Crippen molar-refractivity contribution in [1.82, 2.24) is 0 Å². The predicted molar refractivity (Wildman–Crippen MR) is 76.4 cm³/mol. The summed E-state index contributed by atoms with van der Waals surface area (Å²) >= 11 is 5.87. The molecule has 0 aliphatic heterocycles. The Morgan fingerprint density at radius 2 is 2.16 bits per heavy atom. The number of ether oxygens (including phenoxy) is 1. The van der Waals surface area contributed by atoms with E-state index in [0.717, 1.165) is 0 Å². The number of anilines is 1. The molecule has 1 atom stereocenters. The third-order valence-electron chi connectivity index (χ3n) is 2.34. The quantitative estimate of drug-likeness (QED) is 0.871. The van der Waals surface area contributed by atoms with Crippen molar-refractivity contribution in [3.8, 4) is 6.07 Å². The molecule has 1 aromatic carbocycles. The summed E-state index contributed by atoms with van der Waals surface area (Å²) in [6.45, 7) is 6.32. The van der Waals surface area contributed by atoms with Crippen LogP contribution in [0.1, 0.15) is 26.3 Å². The summed E-state index contributed by atoms with van der Waals surface area (Å²) in [4.78, 5) is 0. The van der Waals surface area contributed by atoms with E-state index < -0.39 is 6.10 Å². The van der Waals surface area contributed by atoms with E-state index in [-0.39, 0.29) is 12.2 Å². The van der Waals surface area contributed by atoms with Crippen LogP contribution in [-0.4, -0.2) is 30.0 Å². The van der Waals surface area contributed by atoms with Crippen LogP contribution in [-0.2, 0) is 4.74 Å². The minimum Gasteiger partial charge on any atom is -0.389 e. The molecule has 0 spiro atoms. The number of halogens is 1. The molecule has 0 bridgehead atoms. The monoisotopic (exact) mass is 282 g/mol. The van der Waals surface area contributed by atoms with Crippen molar-refractivity contribution in [3.05, 3.63) is 28.8 Å². The second kappa shape index (κ2) is 6.76. The van der Waals surface area contributed by atoms with Gasteiger partial charge in [-0.2, -0.15) is 5.26 Å². The fraction of sp³-hybridized carbons (Fsp3) is 0.500. The predicted octanol–water partition coefficient (Wildman–Crippen LogP) is 2.80. The first-order valence-electron chi connectivity index (χ1n) is 6.07. The van der Waals surface area contributed by atoms with Crippen LogP contribution in [0.15, 0.2) is 18.2 Å². The summed E-state index contributed by atoms with van der Waals surface area (Å²) in [6.07, 6.45) is -0.648. The zero-order valence-electron chi connectivity index (χ0n) is 11.4. The molecule has 5 heteroatoms. The Bertz CT molecular complexity index is 463. The number of aliphatic hydroxyl groups is 1. The highest BCUT2D eigenvalue weighted by atomic mass is 35.5. The Labute approximate surface area is 119 Å². The minimum absolute atomic E-state index is 0.235. The molecular formula is C14H19ClN2O2. The lowest BCUT2D eigenvalue weighted by atomic mass is 10.2. The van der Waals surface area contributed by atoms with Gasteiger partial charge in [-0.15, -0.1) is 0 Å². The number of aliphatic hydroxyl groups excluding tert-OH is 1. The van der Waals surface area contributed by atoms with E-state index in [4.69, 9.17) is 21.6 Å². The van der Waals surface area contributed by atoms with Crippen LogP contribution in [0, 0.1) is 11.3 Å². The van der Waals surface area contributed by atoms with E-state index in [2.05, 4.69) is 11.4 Å². The number of benzene rings is 1. The van der Waals surface area contributed by atoms with Crippen LogP contribution in [0.3, 0.4) is 0 Å². The molecular weight excluding hydrogens is 264 g/mol. The topological polar surface area (TPSA) is 65.3 Å². The number of hydrogen-bond acceptors (Lipinski definition) is 4.